The highest BCUT2D eigenvalue weighted by atomic mass is 16.4. The minimum Gasteiger partial charge on any atom is -0.390 e. The van der Waals surface area contributed by atoms with E-state index >= 15 is 0 Å². The van der Waals surface area contributed by atoms with Gasteiger partial charge in [0, 0.05) is 6.20 Å². The fourth-order valence-electron chi connectivity index (χ4n) is 0.895. The van der Waals surface area contributed by atoms with Crippen LogP contribution in [0.3, 0.4) is 0 Å². The number of nitrogens with one attached hydrogen (secondary N) is 1. The number of nitrogen functional groups attached to an aromatic ring is 1. The summed E-state index contributed by atoms with van der Waals surface area (Å²) in [4.78, 5) is 7.80. The molecule has 0 aromatic carbocycles. The average molecular weight is 192 g/mol. The van der Waals surface area contributed by atoms with Gasteiger partial charge in [-0.05, 0) is 6.07 Å². The molecule has 14 heavy (non-hydrogen) atoms. The van der Waals surface area contributed by atoms with Crippen LogP contribution in [0.5, 0.6) is 0 Å². The molecule has 72 valence electrons. The molecule has 3 N–H and O–H groups in total. The van der Waals surface area contributed by atoms with E-state index < -0.39 is 0 Å². The van der Waals surface area contributed by atoms with E-state index in [1.165, 1.54) is 6.33 Å². The van der Waals surface area contributed by atoms with Crippen molar-refractivity contribution in [3.05, 3.63) is 24.3 Å². The number of hydrogen-bond acceptors (Lipinski definition) is 7. The number of nitrogens with two attached hydrogens (primary N) is 1. The fraction of sp³-hybridized carbons (Fsp3) is 0.143. The molecule has 2 rings (SSSR count). The third-order valence-electron chi connectivity index (χ3n) is 1.50. The van der Waals surface area contributed by atoms with Gasteiger partial charge in [0.15, 0.2) is 0 Å². The van der Waals surface area contributed by atoms with Crippen molar-refractivity contribution in [3.63, 3.8) is 0 Å². The molecule has 0 saturated carbocycles. The SMILES string of the molecule is Nc1nnc(NCc2ccncn2)o1. The molecule has 2 heterocycles. The van der Waals surface area contributed by atoms with Gasteiger partial charge in [-0.1, -0.05) is 10.2 Å². The van der Waals surface area contributed by atoms with Gasteiger partial charge >= 0.3 is 12.0 Å². The smallest absolute Gasteiger partial charge is 0.317 e. The second-order valence-corrected chi connectivity index (χ2v) is 2.50. The van der Waals surface area contributed by atoms with Crippen LogP contribution in [0.4, 0.5) is 12.0 Å². The van der Waals surface area contributed by atoms with Crippen molar-refractivity contribution in [1.82, 2.24) is 20.2 Å². The summed E-state index contributed by atoms with van der Waals surface area (Å²) >= 11 is 0. The molecule has 0 fully saturated rings. The molecule has 7 heteroatoms. The quantitative estimate of drug-likeness (QED) is 0.708. The molecule has 0 amide bonds. The summed E-state index contributed by atoms with van der Waals surface area (Å²) in [5, 5.41) is 10.0. The topological polar surface area (TPSA) is 103 Å². The molecule has 0 saturated heterocycles. The van der Waals surface area contributed by atoms with Crippen LogP contribution in [0, 0.1) is 0 Å². The second kappa shape index (κ2) is 3.69. The van der Waals surface area contributed by atoms with Crippen molar-refractivity contribution in [2.24, 2.45) is 0 Å². The lowest BCUT2D eigenvalue weighted by Gasteiger charge is -1.98. The first-order chi connectivity index (χ1) is 6.84. The predicted octanol–water partition coefficient (Wildman–Crippen LogP) is 0.0539. The normalized spacial score (nSPS) is 10.0. The zero-order chi connectivity index (χ0) is 9.80. The standard InChI is InChI=1S/C7H8N6O/c8-6-12-13-7(14-6)10-3-5-1-2-9-4-11-5/h1-2,4H,3H2,(H2,8,12)(H,10,13). The Morgan fingerprint density at radius 1 is 1.43 bits per heavy atom. The summed E-state index contributed by atoms with van der Waals surface area (Å²) in [6.45, 7) is 0.490. The molecule has 0 aliphatic rings. The van der Waals surface area contributed by atoms with Crippen LogP contribution in [0.15, 0.2) is 23.0 Å². The Morgan fingerprint density at radius 2 is 2.36 bits per heavy atom. The van der Waals surface area contributed by atoms with Crippen molar-refractivity contribution in [2.45, 2.75) is 6.54 Å². The third kappa shape index (κ3) is 1.94. The van der Waals surface area contributed by atoms with E-state index in [1.54, 1.807) is 12.3 Å². The summed E-state index contributed by atoms with van der Waals surface area (Å²) in [5.74, 6) is 0. The van der Waals surface area contributed by atoms with Crippen LogP contribution >= 0.6 is 0 Å². The number of hydrogen-bond donors (Lipinski definition) is 2. The lowest BCUT2D eigenvalue weighted by Crippen LogP contribution is -2.01. The molecule has 0 spiro atoms. The number of nitrogens with zero attached hydrogens (tertiary/aromatic N) is 4. The first-order valence-corrected chi connectivity index (χ1v) is 3.92. The monoisotopic (exact) mass is 192 g/mol. The predicted molar refractivity (Wildman–Crippen MR) is 48.1 cm³/mol. The van der Waals surface area contributed by atoms with E-state index in [0.717, 1.165) is 5.69 Å². The largest absolute Gasteiger partial charge is 0.390 e. The Hall–Kier alpha value is -2.18. The van der Waals surface area contributed by atoms with Gasteiger partial charge < -0.3 is 15.5 Å². The van der Waals surface area contributed by atoms with Crippen LogP contribution in [-0.2, 0) is 6.54 Å². The first-order valence-electron chi connectivity index (χ1n) is 3.92. The summed E-state index contributed by atoms with van der Waals surface area (Å²) in [5.41, 5.74) is 6.07. The fourth-order valence-corrected chi connectivity index (χ4v) is 0.895. The van der Waals surface area contributed by atoms with E-state index in [-0.39, 0.29) is 12.0 Å². The average Bonchev–Trinajstić information content (AvgIpc) is 2.63. The molecule has 0 radical (unpaired) electrons. The third-order valence-corrected chi connectivity index (χ3v) is 1.50. The van der Waals surface area contributed by atoms with Gasteiger partial charge in [0.25, 0.3) is 0 Å². The molecule has 0 atom stereocenters. The van der Waals surface area contributed by atoms with Crippen molar-refractivity contribution in [3.8, 4) is 0 Å². The number of anilines is 2. The Bertz CT molecular complexity index is 400. The summed E-state index contributed by atoms with van der Waals surface area (Å²) in [6, 6.07) is 2.10. The Morgan fingerprint density at radius 3 is 3.00 bits per heavy atom. The van der Waals surface area contributed by atoms with Gasteiger partial charge in [-0.2, -0.15) is 0 Å². The van der Waals surface area contributed by atoms with Crippen LogP contribution in [0.2, 0.25) is 0 Å². The summed E-state index contributed by atoms with van der Waals surface area (Å²) in [7, 11) is 0. The highest BCUT2D eigenvalue weighted by Crippen LogP contribution is 2.06. The van der Waals surface area contributed by atoms with Crippen molar-refractivity contribution < 1.29 is 4.42 Å². The minimum absolute atomic E-state index is 0.0372. The molecular formula is C7H8N6O. The lowest BCUT2D eigenvalue weighted by atomic mass is 10.4. The van der Waals surface area contributed by atoms with Crippen molar-refractivity contribution in [2.75, 3.05) is 11.1 Å². The molecule has 2 aromatic heterocycles. The van der Waals surface area contributed by atoms with Gasteiger partial charge in [-0.25, -0.2) is 9.97 Å². The highest BCUT2D eigenvalue weighted by Gasteiger charge is 2.01. The van der Waals surface area contributed by atoms with Gasteiger partial charge in [-0.3, -0.25) is 0 Å². The molecular weight excluding hydrogens is 184 g/mol. The maximum atomic E-state index is 5.24. The van der Waals surface area contributed by atoms with Crippen molar-refractivity contribution in [1.29, 1.82) is 0 Å². The van der Waals surface area contributed by atoms with E-state index in [4.69, 9.17) is 10.2 Å². The molecule has 0 aliphatic carbocycles. The van der Waals surface area contributed by atoms with Crippen LogP contribution < -0.4 is 11.1 Å². The van der Waals surface area contributed by atoms with Crippen molar-refractivity contribution >= 4 is 12.0 Å². The summed E-state index contributed by atoms with van der Waals surface area (Å²) < 4.78 is 4.91. The molecule has 0 aliphatic heterocycles. The molecule has 0 bridgehead atoms. The summed E-state index contributed by atoms with van der Waals surface area (Å²) in [6.07, 6.45) is 3.13. The van der Waals surface area contributed by atoms with Crippen LogP contribution in [-0.4, -0.2) is 20.2 Å². The van der Waals surface area contributed by atoms with E-state index in [9.17, 15) is 0 Å². The Balaban J connectivity index is 1.95. The number of rotatable bonds is 3. The van der Waals surface area contributed by atoms with Gasteiger partial charge in [0.05, 0.1) is 12.2 Å². The lowest BCUT2D eigenvalue weighted by molar-refractivity contribution is 0.585. The van der Waals surface area contributed by atoms with Crippen LogP contribution in [0.25, 0.3) is 0 Å². The van der Waals surface area contributed by atoms with Crippen LogP contribution in [0.1, 0.15) is 5.69 Å². The van der Waals surface area contributed by atoms with E-state index in [2.05, 4.69) is 25.5 Å². The van der Waals surface area contributed by atoms with Gasteiger partial charge in [-0.15, -0.1) is 0 Å². The Labute approximate surface area is 79.4 Å². The van der Waals surface area contributed by atoms with E-state index in [0.29, 0.717) is 6.54 Å². The highest BCUT2D eigenvalue weighted by molar-refractivity contribution is 5.23. The number of aromatic nitrogens is 4. The van der Waals surface area contributed by atoms with E-state index in [1.807, 2.05) is 0 Å². The maximum absolute atomic E-state index is 5.24. The zero-order valence-electron chi connectivity index (χ0n) is 7.21. The Kier molecular flexibility index (Phi) is 2.22. The molecule has 2 aromatic rings. The molecule has 7 nitrogen and oxygen atoms in total. The van der Waals surface area contributed by atoms with Gasteiger partial charge in [0.1, 0.15) is 6.33 Å². The zero-order valence-corrected chi connectivity index (χ0v) is 7.21. The first kappa shape index (κ1) is 8.42. The minimum atomic E-state index is 0.0372. The second-order valence-electron chi connectivity index (χ2n) is 2.50. The van der Waals surface area contributed by atoms with Gasteiger partial charge in [0.2, 0.25) is 0 Å². The maximum Gasteiger partial charge on any atom is 0.317 e. The molecule has 0 unspecified atom stereocenters.